The third-order valence-electron chi connectivity index (χ3n) is 2.21. The van der Waals surface area contributed by atoms with E-state index < -0.39 is 11.4 Å². The third kappa shape index (κ3) is 3.03. The minimum absolute atomic E-state index is 0.0611. The van der Waals surface area contributed by atoms with Crippen LogP contribution in [0.15, 0.2) is 24.3 Å². The molecule has 0 bridgehead atoms. The fourth-order valence-corrected chi connectivity index (χ4v) is 1.39. The summed E-state index contributed by atoms with van der Waals surface area (Å²) in [6.45, 7) is 6.10. The van der Waals surface area contributed by atoms with Gasteiger partial charge in [-0.1, -0.05) is 50.6 Å². The van der Waals surface area contributed by atoms with Crippen molar-refractivity contribution in [3.05, 3.63) is 35.4 Å². The summed E-state index contributed by atoms with van der Waals surface area (Å²) < 4.78 is 12.6. The normalized spacial score (nSPS) is 13.7. The second kappa shape index (κ2) is 4.31. The standard InChI is InChI=1S/C12H14ClFO/c1-12(2,3)9-6-4-5-8(7-9)10(15)11(13)14/h4-7,11H,1-3H3. The molecule has 1 unspecified atom stereocenters. The molecule has 3 heteroatoms. The van der Waals surface area contributed by atoms with Crippen LogP contribution in [0.4, 0.5) is 4.39 Å². The summed E-state index contributed by atoms with van der Waals surface area (Å²) in [5.41, 5.74) is -0.704. The molecule has 0 heterocycles. The summed E-state index contributed by atoms with van der Waals surface area (Å²) >= 11 is 5.11. The van der Waals surface area contributed by atoms with Crippen molar-refractivity contribution in [3.8, 4) is 0 Å². The topological polar surface area (TPSA) is 17.1 Å². The van der Waals surface area contributed by atoms with Crippen LogP contribution < -0.4 is 0 Å². The minimum atomic E-state index is -1.96. The van der Waals surface area contributed by atoms with Gasteiger partial charge in [-0.3, -0.25) is 4.79 Å². The zero-order chi connectivity index (χ0) is 11.6. The van der Waals surface area contributed by atoms with Gasteiger partial charge in [-0.2, -0.15) is 0 Å². The van der Waals surface area contributed by atoms with Crippen molar-refractivity contribution in [1.82, 2.24) is 0 Å². The van der Waals surface area contributed by atoms with Crippen LogP contribution in [-0.2, 0) is 5.41 Å². The maximum atomic E-state index is 12.6. The summed E-state index contributed by atoms with van der Waals surface area (Å²) in [6, 6.07) is 6.93. The van der Waals surface area contributed by atoms with E-state index in [-0.39, 0.29) is 5.41 Å². The Hall–Kier alpha value is -0.890. The smallest absolute Gasteiger partial charge is 0.235 e. The molecule has 0 aliphatic heterocycles. The van der Waals surface area contributed by atoms with Crippen molar-refractivity contribution >= 4 is 17.4 Å². The number of hydrogen-bond acceptors (Lipinski definition) is 1. The van der Waals surface area contributed by atoms with Gasteiger partial charge in [-0.15, -0.1) is 0 Å². The molecule has 1 aromatic carbocycles. The van der Waals surface area contributed by atoms with Gasteiger partial charge in [0, 0.05) is 5.56 Å². The van der Waals surface area contributed by atoms with Gasteiger partial charge in [0.05, 0.1) is 0 Å². The zero-order valence-corrected chi connectivity index (χ0v) is 9.81. The van der Waals surface area contributed by atoms with Crippen LogP contribution in [0.5, 0.6) is 0 Å². The molecule has 0 aliphatic carbocycles. The molecule has 0 aliphatic rings. The third-order valence-corrected chi connectivity index (χ3v) is 2.41. The number of carbonyl (C=O) groups is 1. The highest BCUT2D eigenvalue weighted by Gasteiger charge is 2.19. The first-order chi connectivity index (χ1) is 6.82. The molecule has 0 N–H and O–H groups in total. The SMILES string of the molecule is CC(C)(C)c1cccc(C(=O)C(F)Cl)c1. The lowest BCUT2D eigenvalue weighted by molar-refractivity contribution is 0.0934. The quantitative estimate of drug-likeness (QED) is 0.557. The fraction of sp³-hybridized carbons (Fsp3) is 0.417. The number of carbonyl (C=O) groups excluding carboxylic acids is 1. The van der Waals surface area contributed by atoms with Gasteiger partial charge in [0.25, 0.3) is 0 Å². The molecule has 0 saturated carbocycles. The predicted molar refractivity (Wildman–Crippen MR) is 60.2 cm³/mol. The molecular weight excluding hydrogens is 215 g/mol. The molecule has 1 atom stereocenters. The minimum Gasteiger partial charge on any atom is -0.289 e. The van der Waals surface area contributed by atoms with Crippen LogP contribution in [-0.4, -0.2) is 11.4 Å². The number of ketones is 1. The summed E-state index contributed by atoms with van der Waals surface area (Å²) in [4.78, 5) is 11.3. The molecule has 0 aromatic heterocycles. The Labute approximate surface area is 94.3 Å². The summed E-state index contributed by atoms with van der Waals surface area (Å²) in [7, 11) is 0. The number of benzene rings is 1. The van der Waals surface area contributed by atoms with Crippen molar-refractivity contribution in [2.45, 2.75) is 31.8 Å². The Morgan fingerprint density at radius 3 is 2.47 bits per heavy atom. The maximum absolute atomic E-state index is 12.6. The number of hydrogen-bond donors (Lipinski definition) is 0. The van der Waals surface area contributed by atoms with E-state index in [0.29, 0.717) is 5.56 Å². The average Bonchev–Trinajstić information content (AvgIpc) is 2.15. The lowest BCUT2D eigenvalue weighted by atomic mass is 9.86. The number of halogens is 2. The number of alkyl halides is 2. The lowest BCUT2D eigenvalue weighted by Gasteiger charge is -2.19. The first-order valence-electron chi connectivity index (χ1n) is 4.75. The van der Waals surface area contributed by atoms with Crippen LogP contribution in [0.25, 0.3) is 0 Å². The Bertz CT molecular complexity index is 366. The summed E-state index contributed by atoms with van der Waals surface area (Å²) in [5, 5.41) is 0. The zero-order valence-electron chi connectivity index (χ0n) is 9.05. The molecule has 0 saturated heterocycles. The predicted octanol–water partition coefficient (Wildman–Crippen LogP) is 3.70. The van der Waals surface area contributed by atoms with Crippen molar-refractivity contribution in [2.24, 2.45) is 0 Å². The van der Waals surface area contributed by atoms with E-state index in [4.69, 9.17) is 11.6 Å². The second-order valence-corrected chi connectivity index (χ2v) is 4.88. The molecular formula is C12H14ClFO. The second-order valence-electron chi connectivity index (χ2n) is 4.50. The first kappa shape index (κ1) is 12.2. The summed E-state index contributed by atoms with van der Waals surface area (Å²) in [6.07, 6.45) is 0. The van der Waals surface area contributed by atoms with Crippen molar-refractivity contribution in [2.75, 3.05) is 0 Å². The van der Waals surface area contributed by atoms with Crippen molar-refractivity contribution in [1.29, 1.82) is 0 Å². The average molecular weight is 229 g/mol. The highest BCUT2D eigenvalue weighted by atomic mass is 35.5. The molecule has 0 fully saturated rings. The molecule has 0 spiro atoms. The largest absolute Gasteiger partial charge is 0.289 e. The number of Topliss-reactive ketones (excluding diaryl/α,β-unsaturated/α-hetero) is 1. The molecule has 0 radical (unpaired) electrons. The molecule has 15 heavy (non-hydrogen) atoms. The molecule has 1 rings (SSSR count). The molecule has 1 aromatic rings. The van der Waals surface area contributed by atoms with Gasteiger partial charge >= 0.3 is 0 Å². The van der Waals surface area contributed by atoms with Gasteiger partial charge in [-0.05, 0) is 17.0 Å². The van der Waals surface area contributed by atoms with E-state index in [9.17, 15) is 9.18 Å². The molecule has 82 valence electrons. The van der Waals surface area contributed by atoms with E-state index in [0.717, 1.165) is 5.56 Å². The van der Waals surface area contributed by atoms with Crippen molar-refractivity contribution in [3.63, 3.8) is 0 Å². The van der Waals surface area contributed by atoms with Gasteiger partial charge in [-0.25, -0.2) is 4.39 Å². The molecule has 1 nitrogen and oxygen atoms in total. The highest BCUT2D eigenvalue weighted by molar-refractivity contribution is 6.32. The highest BCUT2D eigenvalue weighted by Crippen LogP contribution is 2.23. The van der Waals surface area contributed by atoms with Gasteiger partial charge in [0.15, 0.2) is 0 Å². The van der Waals surface area contributed by atoms with Gasteiger partial charge < -0.3 is 0 Å². The monoisotopic (exact) mass is 228 g/mol. The van der Waals surface area contributed by atoms with Crippen LogP contribution >= 0.6 is 11.6 Å². The first-order valence-corrected chi connectivity index (χ1v) is 5.19. The Morgan fingerprint density at radius 2 is 2.00 bits per heavy atom. The van der Waals surface area contributed by atoms with Gasteiger partial charge in [0.1, 0.15) is 0 Å². The van der Waals surface area contributed by atoms with Crippen LogP contribution in [0, 0.1) is 0 Å². The Balaban J connectivity index is 3.09. The fourth-order valence-electron chi connectivity index (χ4n) is 1.26. The van der Waals surface area contributed by atoms with E-state index in [1.807, 2.05) is 26.8 Å². The van der Waals surface area contributed by atoms with E-state index in [1.54, 1.807) is 18.2 Å². The maximum Gasteiger partial charge on any atom is 0.235 e. The van der Waals surface area contributed by atoms with Crippen LogP contribution in [0.2, 0.25) is 0 Å². The lowest BCUT2D eigenvalue weighted by Crippen LogP contribution is -2.14. The number of rotatable bonds is 2. The van der Waals surface area contributed by atoms with Crippen LogP contribution in [0.3, 0.4) is 0 Å². The molecule has 0 amide bonds. The van der Waals surface area contributed by atoms with Crippen LogP contribution in [0.1, 0.15) is 36.7 Å². The van der Waals surface area contributed by atoms with E-state index in [1.165, 1.54) is 0 Å². The van der Waals surface area contributed by atoms with E-state index >= 15 is 0 Å². The van der Waals surface area contributed by atoms with Crippen molar-refractivity contribution < 1.29 is 9.18 Å². The Morgan fingerprint density at radius 1 is 1.40 bits per heavy atom. The Kier molecular flexibility index (Phi) is 3.50. The summed E-state index contributed by atoms with van der Waals surface area (Å²) in [5.74, 6) is -0.678. The van der Waals surface area contributed by atoms with Gasteiger partial charge in [0.2, 0.25) is 11.4 Å². The van der Waals surface area contributed by atoms with E-state index in [2.05, 4.69) is 0 Å².